The van der Waals surface area contributed by atoms with Crippen molar-refractivity contribution in [3.63, 3.8) is 0 Å². The van der Waals surface area contributed by atoms with Gasteiger partial charge in [-0.25, -0.2) is 0 Å². The van der Waals surface area contributed by atoms with Crippen molar-refractivity contribution >= 4 is 0 Å². The van der Waals surface area contributed by atoms with Gasteiger partial charge in [0.15, 0.2) is 0 Å². The van der Waals surface area contributed by atoms with E-state index in [2.05, 4.69) is 50.0 Å². The third-order valence-electron chi connectivity index (χ3n) is 3.42. The highest BCUT2D eigenvalue weighted by atomic mass is 15.2. The van der Waals surface area contributed by atoms with Crippen LogP contribution in [0.4, 0.5) is 0 Å². The highest BCUT2D eigenvalue weighted by Gasteiger charge is 2.20. The van der Waals surface area contributed by atoms with Gasteiger partial charge < -0.3 is 15.1 Å². The third-order valence-corrected chi connectivity index (χ3v) is 3.42. The molecule has 0 amide bonds. The lowest BCUT2D eigenvalue weighted by atomic mass is 10.1. The summed E-state index contributed by atoms with van der Waals surface area (Å²) in [6.07, 6.45) is 1.25. The number of nitrogens with zero attached hydrogens (tertiary/aromatic N) is 2. The molecule has 0 aromatic rings. The fraction of sp³-hybridized carbons (Fsp3) is 1.00. The van der Waals surface area contributed by atoms with E-state index in [1.807, 2.05) is 0 Å². The first-order valence-corrected chi connectivity index (χ1v) is 6.03. The van der Waals surface area contributed by atoms with Crippen molar-refractivity contribution in [3.05, 3.63) is 0 Å². The molecular weight excluding hydrogens is 186 g/mol. The minimum Gasteiger partial charge on any atom is -0.311 e. The number of piperazine rings is 1. The highest BCUT2D eigenvalue weighted by molar-refractivity contribution is 4.80. The van der Waals surface area contributed by atoms with Crippen LogP contribution in [-0.2, 0) is 0 Å². The number of nitrogens with one attached hydrogen (secondary N) is 1. The maximum absolute atomic E-state index is 3.59. The second-order valence-electron chi connectivity index (χ2n) is 5.79. The topological polar surface area (TPSA) is 18.5 Å². The quantitative estimate of drug-likeness (QED) is 0.755. The maximum Gasteiger partial charge on any atom is 0.0207 e. The summed E-state index contributed by atoms with van der Waals surface area (Å²) in [6.45, 7) is 11.5. The average Bonchev–Trinajstić information content (AvgIpc) is 2.12. The summed E-state index contributed by atoms with van der Waals surface area (Å²) in [4.78, 5) is 4.85. The molecule has 1 saturated heterocycles. The van der Waals surface area contributed by atoms with E-state index in [0.29, 0.717) is 11.6 Å². The normalized spacial score (nSPS) is 24.8. The number of rotatable bonds is 3. The zero-order valence-corrected chi connectivity index (χ0v) is 11.0. The minimum atomic E-state index is 0.292. The van der Waals surface area contributed by atoms with Crippen molar-refractivity contribution in [1.29, 1.82) is 0 Å². The van der Waals surface area contributed by atoms with Gasteiger partial charge in [0, 0.05) is 31.2 Å². The Kier molecular flexibility index (Phi) is 4.56. The summed E-state index contributed by atoms with van der Waals surface area (Å²) in [5, 5.41) is 3.59. The van der Waals surface area contributed by atoms with Crippen LogP contribution in [0.2, 0.25) is 0 Å². The molecule has 0 aliphatic carbocycles. The molecule has 1 rings (SSSR count). The van der Waals surface area contributed by atoms with Crippen LogP contribution in [0, 0.1) is 0 Å². The maximum atomic E-state index is 3.59. The Bertz CT molecular complexity index is 186. The van der Waals surface area contributed by atoms with E-state index in [-0.39, 0.29) is 0 Å². The van der Waals surface area contributed by atoms with Crippen LogP contribution in [-0.4, -0.2) is 61.7 Å². The smallest absolute Gasteiger partial charge is 0.0207 e. The first-order valence-electron chi connectivity index (χ1n) is 6.03. The van der Waals surface area contributed by atoms with Gasteiger partial charge in [0.2, 0.25) is 0 Å². The molecule has 0 radical (unpaired) electrons. The first kappa shape index (κ1) is 12.9. The van der Waals surface area contributed by atoms with E-state index in [4.69, 9.17) is 0 Å². The standard InChI is InChI=1S/C12H27N3/c1-12(2,3)15(5)8-6-11-10-14(4)9-7-13-11/h11,13H,6-10H2,1-5H3. The van der Waals surface area contributed by atoms with Gasteiger partial charge in [-0.2, -0.15) is 0 Å². The molecule has 1 N–H and O–H groups in total. The fourth-order valence-electron chi connectivity index (χ4n) is 1.87. The van der Waals surface area contributed by atoms with Crippen molar-refractivity contribution in [2.75, 3.05) is 40.3 Å². The molecule has 1 unspecified atom stereocenters. The Balaban J connectivity index is 2.24. The van der Waals surface area contributed by atoms with Crippen LogP contribution in [0.25, 0.3) is 0 Å². The predicted octanol–water partition coefficient (Wildman–Crippen LogP) is 1.01. The van der Waals surface area contributed by atoms with Gasteiger partial charge in [-0.15, -0.1) is 0 Å². The number of hydrogen-bond acceptors (Lipinski definition) is 3. The van der Waals surface area contributed by atoms with Gasteiger partial charge in [-0.05, 0) is 47.8 Å². The molecule has 90 valence electrons. The first-order chi connectivity index (χ1) is 6.89. The summed E-state index contributed by atoms with van der Waals surface area (Å²) in [5.74, 6) is 0. The van der Waals surface area contributed by atoms with Crippen LogP contribution < -0.4 is 5.32 Å². The molecule has 1 aliphatic heterocycles. The zero-order valence-electron chi connectivity index (χ0n) is 11.0. The highest BCUT2D eigenvalue weighted by Crippen LogP contribution is 2.11. The average molecular weight is 213 g/mol. The predicted molar refractivity (Wildman–Crippen MR) is 66.3 cm³/mol. The van der Waals surface area contributed by atoms with Crippen molar-refractivity contribution in [2.45, 2.75) is 38.8 Å². The Hall–Kier alpha value is -0.120. The van der Waals surface area contributed by atoms with E-state index in [9.17, 15) is 0 Å². The Morgan fingerprint density at radius 1 is 1.40 bits per heavy atom. The number of hydrogen-bond donors (Lipinski definition) is 1. The second kappa shape index (κ2) is 5.28. The van der Waals surface area contributed by atoms with Gasteiger partial charge in [0.1, 0.15) is 0 Å². The molecule has 1 aliphatic rings. The summed E-state index contributed by atoms with van der Waals surface area (Å²) < 4.78 is 0. The molecule has 0 saturated carbocycles. The van der Waals surface area contributed by atoms with Gasteiger partial charge in [0.05, 0.1) is 0 Å². The summed E-state index contributed by atoms with van der Waals surface area (Å²) in [5.41, 5.74) is 0.292. The molecule has 1 fully saturated rings. The summed E-state index contributed by atoms with van der Waals surface area (Å²) in [7, 11) is 4.42. The second-order valence-corrected chi connectivity index (χ2v) is 5.79. The molecule has 3 nitrogen and oxygen atoms in total. The van der Waals surface area contributed by atoms with Gasteiger partial charge in [-0.3, -0.25) is 0 Å². The summed E-state index contributed by atoms with van der Waals surface area (Å²) >= 11 is 0. The van der Waals surface area contributed by atoms with E-state index < -0.39 is 0 Å². The minimum absolute atomic E-state index is 0.292. The number of likely N-dealkylation sites (N-methyl/N-ethyl adjacent to an activating group) is 1. The lowest BCUT2D eigenvalue weighted by molar-refractivity contribution is 0.153. The lowest BCUT2D eigenvalue weighted by Gasteiger charge is -2.35. The molecule has 0 bridgehead atoms. The van der Waals surface area contributed by atoms with Crippen molar-refractivity contribution < 1.29 is 0 Å². The fourth-order valence-corrected chi connectivity index (χ4v) is 1.87. The van der Waals surface area contributed by atoms with Crippen molar-refractivity contribution in [1.82, 2.24) is 15.1 Å². The van der Waals surface area contributed by atoms with Gasteiger partial charge >= 0.3 is 0 Å². The Labute approximate surface area is 94.8 Å². The molecule has 0 spiro atoms. The van der Waals surface area contributed by atoms with Gasteiger partial charge in [0.25, 0.3) is 0 Å². The molecule has 0 aromatic carbocycles. The van der Waals surface area contributed by atoms with Crippen LogP contribution in [0.1, 0.15) is 27.2 Å². The monoisotopic (exact) mass is 213 g/mol. The van der Waals surface area contributed by atoms with Crippen molar-refractivity contribution in [2.24, 2.45) is 0 Å². The molecular formula is C12H27N3. The molecule has 3 heteroatoms. The van der Waals surface area contributed by atoms with Crippen LogP contribution in [0.15, 0.2) is 0 Å². The largest absolute Gasteiger partial charge is 0.311 e. The van der Waals surface area contributed by atoms with E-state index in [1.54, 1.807) is 0 Å². The molecule has 1 heterocycles. The SMILES string of the molecule is CN1CCNC(CCN(C)C(C)(C)C)C1. The van der Waals surface area contributed by atoms with E-state index >= 15 is 0 Å². The molecule has 1 atom stereocenters. The van der Waals surface area contributed by atoms with Crippen LogP contribution in [0.3, 0.4) is 0 Å². The van der Waals surface area contributed by atoms with E-state index in [1.165, 1.54) is 26.1 Å². The van der Waals surface area contributed by atoms with Crippen LogP contribution >= 0.6 is 0 Å². The molecule has 15 heavy (non-hydrogen) atoms. The van der Waals surface area contributed by atoms with Gasteiger partial charge in [-0.1, -0.05) is 0 Å². The Morgan fingerprint density at radius 3 is 2.60 bits per heavy atom. The zero-order chi connectivity index (χ0) is 11.5. The lowest BCUT2D eigenvalue weighted by Crippen LogP contribution is -2.50. The third kappa shape index (κ3) is 4.49. The Morgan fingerprint density at radius 2 is 2.07 bits per heavy atom. The van der Waals surface area contributed by atoms with E-state index in [0.717, 1.165) is 6.54 Å². The summed E-state index contributed by atoms with van der Waals surface area (Å²) in [6, 6.07) is 0.675. The van der Waals surface area contributed by atoms with Crippen molar-refractivity contribution in [3.8, 4) is 0 Å². The molecule has 0 aromatic heterocycles. The van der Waals surface area contributed by atoms with Crippen LogP contribution in [0.5, 0.6) is 0 Å².